The van der Waals surface area contributed by atoms with Crippen LogP contribution in [0.4, 0.5) is 0 Å². The van der Waals surface area contributed by atoms with Crippen LogP contribution >= 0.6 is 11.8 Å². The topological polar surface area (TPSA) is 81.9 Å². The second-order valence-corrected chi connectivity index (χ2v) is 7.03. The molecule has 140 valence electrons. The van der Waals surface area contributed by atoms with Crippen LogP contribution in [-0.4, -0.2) is 56.9 Å². The number of hydrogen-bond donors (Lipinski definition) is 0. The van der Waals surface area contributed by atoms with Crippen LogP contribution in [-0.2, 0) is 17.8 Å². The molecule has 0 radical (unpaired) electrons. The molecule has 1 aromatic carbocycles. The van der Waals surface area contributed by atoms with Gasteiger partial charge in [-0.1, -0.05) is 11.8 Å². The molecule has 0 unspecified atom stereocenters. The Morgan fingerprint density at radius 3 is 2.74 bits per heavy atom. The third kappa shape index (κ3) is 3.55. The highest BCUT2D eigenvalue weighted by molar-refractivity contribution is 7.99. The fourth-order valence-electron chi connectivity index (χ4n) is 3.09. The first kappa shape index (κ1) is 17.6. The highest BCUT2D eigenvalue weighted by Crippen LogP contribution is 2.33. The first-order valence-electron chi connectivity index (χ1n) is 8.49. The van der Waals surface area contributed by atoms with E-state index in [1.54, 1.807) is 37.2 Å². The van der Waals surface area contributed by atoms with Crippen molar-refractivity contribution in [2.45, 2.75) is 18.1 Å². The van der Waals surface area contributed by atoms with Crippen LogP contribution in [0.5, 0.6) is 11.5 Å². The minimum Gasteiger partial charge on any atom is -0.493 e. The first-order valence-corrected chi connectivity index (χ1v) is 9.48. The van der Waals surface area contributed by atoms with Crippen LogP contribution < -0.4 is 9.47 Å². The van der Waals surface area contributed by atoms with Crippen molar-refractivity contribution in [3.05, 3.63) is 41.7 Å². The van der Waals surface area contributed by atoms with Crippen molar-refractivity contribution in [3.63, 3.8) is 0 Å². The number of amides is 1. The molecule has 0 atom stereocenters. The van der Waals surface area contributed by atoms with Gasteiger partial charge >= 0.3 is 0 Å². The average molecular weight is 385 g/mol. The van der Waals surface area contributed by atoms with Crippen molar-refractivity contribution in [2.75, 3.05) is 26.5 Å². The molecule has 3 heterocycles. The molecule has 4 rings (SSSR count). The van der Waals surface area contributed by atoms with Gasteiger partial charge in [-0.15, -0.1) is 5.10 Å². The molecule has 0 aliphatic carbocycles. The maximum Gasteiger partial charge on any atom is 0.253 e. The highest BCUT2D eigenvalue weighted by Gasteiger charge is 2.23. The van der Waals surface area contributed by atoms with Gasteiger partial charge in [-0.2, -0.15) is 4.98 Å². The molecule has 0 saturated carbocycles. The Morgan fingerprint density at radius 2 is 2.00 bits per heavy atom. The van der Waals surface area contributed by atoms with E-state index in [4.69, 9.17) is 9.47 Å². The lowest BCUT2D eigenvalue weighted by atomic mass is 9.99. The smallest absolute Gasteiger partial charge is 0.253 e. The molecule has 0 saturated heterocycles. The number of aromatic nitrogens is 4. The first-order chi connectivity index (χ1) is 13.2. The number of rotatable bonds is 5. The average Bonchev–Trinajstić information content (AvgIpc) is 3.13. The van der Waals surface area contributed by atoms with Gasteiger partial charge < -0.3 is 14.4 Å². The molecule has 8 nitrogen and oxygen atoms in total. The lowest BCUT2D eigenvalue weighted by Crippen LogP contribution is -2.37. The minimum atomic E-state index is 0.0623. The lowest BCUT2D eigenvalue weighted by Gasteiger charge is -2.29. The van der Waals surface area contributed by atoms with E-state index in [-0.39, 0.29) is 5.91 Å². The summed E-state index contributed by atoms with van der Waals surface area (Å²) < 4.78 is 12.3. The van der Waals surface area contributed by atoms with Gasteiger partial charge in [-0.05, 0) is 35.7 Å². The number of thioether (sulfide) groups is 1. The van der Waals surface area contributed by atoms with Crippen molar-refractivity contribution in [1.82, 2.24) is 24.5 Å². The Morgan fingerprint density at radius 1 is 1.22 bits per heavy atom. The molecular formula is C18H19N5O3S. The summed E-state index contributed by atoms with van der Waals surface area (Å²) >= 11 is 1.32. The molecule has 1 aliphatic rings. The van der Waals surface area contributed by atoms with E-state index >= 15 is 0 Å². The molecule has 1 amide bonds. The molecule has 0 N–H and O–H groups in total. The quantitative estimate of drug-likeness (QED) is 0.620. The van der Waals surface area contributed by atoms with Crippen molar-refractivity contribution >= 4 is 23.4 Å². The van der Waals surface area contributed by atoms with E-state index in [1.165, 1.54) is 17.3 Å². The molecule has 0 bridgehead atoms. The maximum absolute atomic E-state index is 12.6. The zero-order valence-electron chi connectivity index (χ0n) is 15.1. The standard InChI is InChI=1S/C18H19N5O3S/c1-25-14-8-12-4-7-22(10-13(12)9-15(14)26-2)16(24)11-27-18-20-17-19-5-3-6-23(17)21-18/h3,5-6,8-9H,4,7,10-11H2,1-2H3. The van der Waals surface area contributed by atoms with E-state index in [2.05, 4.69) is 15.1 Å². The van der Waals surface area contributed by atoms with Gasteiger partial charge in [0.15, 0.2) is 11.5 Å². The van der Waals surface area contributed by atoms with Gasteiger partial charge in [-0.25, -0.2) is 9.50 Å². The molecular weight excluding hydrogens is 366 g/mol. The predicted octanol–water partition coefficient (Wildman–Crippen LogP) is 1.82. The zero-order valence-corrected chi connectivity index (χ0v) is 15.9. The number of benzene rings is 1. The fourth-order valence-corrected chi connectivity index (χ4v) is 3.82. The molecule has 0 spiro atoms. The van der Waals surface area contributed by atoms with Gasteiger partial charge in [0.05, 0.1) is 20.0 Å². The van der Waals surface area contributed by atoms with Crippen LogP contribution in [0.15, 0.2) is 35.7 Å². The van der Waals surface area contributed by atoms with Crippen molar-refractivity contribution < 1.29 is 14.3 Å². The number of nitrogens with zero attached hydrogens (tertiary/aromatic N) is 5. The molecule has 1 aliphatic heterocycles. The Bertz CT molecular complexity index is 957. The maximum atomic E-state index is 12.6. The summed E-state index contributed by atoms with van der Waals surface area (Å²) in [5.41, 5.74) is 2.28. The summed E-state index contributed by atoms with van der Waals surface area (Å²) in [7, 11) is 3.24. The number of ether oxygens (including phenoxy) is 2. The molecule has 0 fully saturated rings. The number of fused-ring (bicyclic) bond motifs is 2. The van der Waals surface area contributed by atoms with Crippen LogP contribution in [0, 0.1) is 0 Å². The number of carbonyl (C=O) groups excluding carboxylic acids is 1. The SMILES string of the molecule is COc1cc2c(cc1OC)CN(C(=O)CSc1nc3ncccn3n1)CC2. The van der Waals surface area contributed by atoms with Crippen molar-refractivity contribution in [2.24, 2.45) is 0 Å². The van der Waals surface area contributed by atoms with Crippen molar-refractivity contribution in [1.29, 1.82) is 0 Å². The second-order valence-electron chi connectivity index (χ2n) is 6.09. The monoisotopic (exact) mass is 385 g/mol. The summed E-state index contributed by atoms with van der Waals surface area (Å²) in [6, 6.07) is 5.74. The minimum absolute atomic E-state index is 0.0623. The Labute approximate surface area is 160 Å². The summed E-state index contributed by atoms with van der Waals surface area (Å²) in [6.07, 6.45) is 4.24. The highest BCUT2D eigenvalue weighted by atomic mass is 32.2. The summed E-state index contributed by atoms with van der Waals surface area (Å²) in [5.74, 6) is 2.28. The van der Waals surface area contributed by atoms with Crippen LogP contribution in [0.3, 0.4) is 0 Å². The summed E-state index contributed by atoms with van der Waals surface area (Å²) in [5, 5.41) is 4.86. The van der Waals surface area contributed by atoms with Crippen LogP contribution in [0.25, 0.3) is 5.78 Å². The normalized spacial score (nSPS) is 13.5. The predicted molar refractivity (Wildman–Crippen MR) is 100 cm³/mol. The summed E-state index contributed by atoms with van der Waals surface area (Å²) in [4.78, 5) is 22.9. The second kappa shape index (κ2) is 7.43. The fraction of sp³-hybridized carbons (Fsp3) is 0.333. The van der Waals surface area contributed by atoms with E-state index in [9.17, 15) is 4.79 Å². The summed E-state index contributed by atoms with van der Waals surface area (Å²) in [6.45, 7) is 1.25. The van der Waals surface area contributed by atoms with E-state index in [1.807, 2.05) is 17.0 Å². The number of hydrogen-bond acceptors (Lipinski definition) is 7. The Balaban J connectivity index is 1.43. The molecule has 3 aromatic rings. The van der Waals surface area contributed by atoms with Gasteiger partial charge in [-0.3, -0.25) is 4.79 Å². The van der Waals surface area contributed by atoms with E-state index in [0.717, 1.165) is 17.7 Å². The van der Waals surface area contributed by atoms with E-state index < -0.39 is 0 Å². The molecule has 9 heteroatoms. The van der Waals surface area contributed by atoms with Crippen LogP contribution in [0.1, 0.15) is 11.1 Å². The van der Waals surface area contributed by atoms with Gasteiger partial charge in [0.2, 0.25) is 11.1 Å². The van der Waals surface area contributed by atoms with E-state index in [0.29, 0.717) is 35.5 Å². The molecule has 2 aromatic heterocycles. The van der Waals surface area contributed by atoms with Crippen LogP contribution in [0.2, 0.25) is 0 Å². The van der Waals surface area contributed by atoms with Gasteiger partial charge in [0.25, 0.3) is 5.78 Å². The third-order valence-electron chi connectivity index (χ3n) is 4.49. The Kier molecular flexibility index (Phi) is 4.85. The third-order valence-corrected chi connectivity index (χ3v) is 5.32. The van der Waals surface area contributed by atoms with Crippen molar-refractivity contribution in [3.8, 4) is 11.5 Å². The zero-order chi connectivity index (χ0) is 18.8. The van der Waals surface area contributed by atoms with Gasteiger partial charge in [0, 0.05) is 25.5 Å². The lowest BCUT2D eigenvalue weighted by molar-refractivity contribution is -0.129. The van der Waals surface area contributed by atoms with Gasteiger partial charge in [0.1, 0.15) is 0 Å². The largest absolute Gasteiger partial charge is 0.493 e. The molecule has 27 heavy (non-hydrogen) atoms. The number of methoxy groups -OCH3 is 2. The Hall–Kier alpha value is -2.81. The number of carbonyl (C=O) groups is 1.